The van der Waals surface area contributed by atoms with Crippen molar-refractivity contribution >= 4 is 15.9 Å². The molecule has 0 radical (unpaired) electrons. The van der Waals surface area contributed by atoms with Crippen LogP contribution in [0.15, 0.2) is 59.5 Å². The van der Waals surface area contributed by atoms with Crippen molar-refractivity contribution in [3.05, 3.63) is 65.7 Å². The largest absolute Gasteiger partial charge is 0.349 e. The lowest BCUT2D eigenvalue weighted by atomic mass is 10.1. The fourth-order valence-corrected chi connectivity index (χ4v) is 4.35. The highest BCUT2D eigenvalue weighted by molar-refractivity contribution is 7.89. The fraction of sp³-hybridized carbons (Fsp3) is 0.381. The van der Waals surface area contributed by atoms with Gasteiger partial charge in [-0.2, -0.15) is 0 Å². The lowest BCUT2D eigenvalue weighted by Gasteiger charge is -2.16. The van der Waals surface area contributed by atoms with Gasteiger partial charge in [0, 0.05) is 18.2 Å². The van der Waals surface area contributed by atoms with Crippen molar-refractivity contribution in [3.8, 4) is 0 Å². The fourth-order valence-electron chi connectivity index (χ4n) is 3.34. The summed E-state index contributed by atoms with van der Waals surface area (Å²) in [5, 5.41) is 3.08. The summed E-state index contributed by atoms with van der Waals surface area (Å²) >= 11 is 0. The summed E-state index contributed by atoms with van der Waals surface area (Å²) in [6.45, 7) is 0.229. The Balaban J connectivity index is 1.60. The van der Waals surface area contributed by atoms with Crippen molar-refractivity contribution in [3.63, 3.8) is 0 Å². The number of carbonyl (C=O) groups is 1. The molecule has 2 N–H and O–H groups in total. The van der Waals surface area contributed by atoms with Gasteiger partial charge in [-0.15, -0.1) is 0 Å². The van der Waals surface area contributed by atoms with Crippen LogP contribution in [0.4, 0.5) is 0 Å². The van der Waals surface area contributed by atoms with Gasteiger partial charge in [-0.25, -0.2) is 13.1 Å². The number of rotatable bonds is 6. The second-order valence-corrected chi connectivity index (χ2v) is 8.76. The van der Waals surface area contributed by atoms with Crippen LogP contribution in [0.1, 0.15) is 54.4 Å². The molecule has 3 rings (SSSR count). The smallest absolute Gasteiger partial charge is 0.251 e. The molecule has 2 aromatic carbocycles. The lowest BCUT2D eigenvalue weighted by Crippen LogP contribution is -2.34. The van der Waals surface area contributed by atoms with Gasteiger partial charge in [0.25, 0.3) is 5.91 Å². The zero-order valence-corrected chi connectivity index (χ0v) is 16.2. The topological polar surface area (TPSA) is 75.3 Å². The summed E-state index contributed by atoms with van der Waals surface area (Å²) in [6, 6.07) is 15.7. The van der Waals surface area contributed by atoms with E-state index in [9.17, 15) is 13.2 Å². The Hall–Kier alpha value is -2.18. The van der Waals surface area contributed by atoms with Crippen molar-refractivity contribution in [1.82, 2.24) is 10.0 Å². The monoisotopic (exact) mass is 386 g/mol. The third kappa shape index (κ3) is 5.65. The number of hydrogen-bond acceptors (Lipinski definition) is 3. The third-order valence-electron chi connectivity index (χ3n) is 4.93. The molecule has 1 saturated carbocycles. The summed E-state index contributed by atoms with van der Waals surface area (Å²) < 4.78 is 27.4. The van der Waals surface area contributed by atoms with Gasteiger partial charge in [-0.05, 0) is 42.7 Å². The first-order chi connectivity index (χ1) is 13.0. The average molecular weight is 387 g/mol. The second-order valence-electron chi connectivity index (χ2n) is 7.00. The molecular formula is C21H26N2O3S. The molecule has 2 aromatic rings. The van der Waals surface area contributed by atoms with E-state index in [-0.39, 0.29) is 23.4 Å². The van der Waals surface area contributed by atoms with Crippen LogP contribution in [0.25, 0.3) is 0 Å². The molecule has 0 atom stereocenters. The Kier molecular flexibility index (Phi) is 6.63. The first kappa shape index (κ1) is 19.6. The highest BCUT2D eigenvalue weighted by atomic mass is 32.2. The van der Waals surface area contributed by atoms with Crippen molar-refractivity contribution < 1.29 is 13.2 Å². The highest BCUT2D eigenvalue weighted by Gasteiger charge is 2.17. The third-order valence-corrected chi connectivity index (χ3v) is 6.34. The molecule has 0 bridgehead atoms. The Morgan fingerprint density at radius 1 is 0.889 bits per heavy atom. The minimum Gasteiger partial charge on any atom is -0.349 e. The molecular weight excluding hydrogens is 360 g/mol. The molecule has 1 fully saturated rings. The van der Waals surface area contributed by atoms with E-state index in [0.29, 0.717) is 5.56 Å². The zero-order chi connectivity index (χ0) is 19.1. The molecule has 0 unspecified atom stereocenters. The first-order valence-electron chi connectivity index (χ1n) is 9.49. The molecule has 1 amide bonds. The SMILES string of the molecule is O=C(NC1CCCCCC1)c1ccc(S(=O)(=O)NCc2ccccc2)cc1. The first-order valence-corrected chi connectivity index (χ1v) is 11.0. The molecule has 1 aliphatic rings. The predicted molar refractivity (Wildman–Crippen MR) is 106 cm³/mol. The maximum absolute atomic E-state index is 12.4. The van der Waals surface area contributed by atoms with Crippen LogP contribution < -0.4 is 10.0 Å². The summed E-state index contributed by atoms with van der Waals surface area (Å²) in [7, 11) is -3.61. The summed E-state index contributed by atoms with van der Waals surface area (Å²) in [4.78, 5) is 12.6. The zero-order valence-electron chi connectivity index (χ0n) is 15.4. The molecule has 6 heteroatoms. The second kappa shape index (κ2) is 9.15. The molecule has 0 spiro atoms. The molecule has 5 nitrogen and oxygen atoms in total. The van der Waals surface area contributed by atoms with E-state index in [1.165, 1.54) is 25.0 Å². The van der Waals surface area contributed by atoms with Gasteiger partial charge < -0.3 is 5.32 Å². The van der Waals surface area contributed by atoms with E-state index >= 15 is 0 Å². The lowest BCUT2D eigenvalue weighted by molar-refractivity contribution is 0.0933. The summed E-state index contributed by atoms with van der Waals surface area (Å²) in [5.41, 5.74) is 1.38. The van der Waals surface area contributed by atoms with Gasteiger partial charge in [-0.1, -0.05) is 56.0 Å². The number of hydrogen-bond donors (Lipinski definition) is 2. The quantitative estimate of drug-likeness (QED) is 0.745. The van der Waals surface area contributed by atoms with Crippen LogP contribution in [0.5, 0.6) is 0 Å². The van der Waals surface area contributed by atoms with Gasteiger partial charge in [0.1, 0.15) is 0 Å². The number of amides is 1. The molecule has 27 heavy (non-hydrogen) atoms. The number of nitrogens with one attached hydrogen (secondary N) is 2. The molecule has 144 valence electrons. The molecule has 0 aliphatic heterocycles. The van der Waals surface area contributed by atoms with Gasteiger partial charge in [0.05, 0.1) is 4.90 Å². The van der Waals surface area contributed by atoms with Crippen molar-refractivity contribution in [1.29, 1.82) is 0 Å². The summed E-state index contributed by atoms with van der Waals surface area (Å²) in [5.74, 6) is -0.136. The number of carbonyl (C=O) groups excluding carboxylic acids is 1. The van der Waals surface area contributed by atoms with Crippen molar-refractivity contribution in [2.24, 2.45) is 0 Å². The predicted octanol–water partition coefficient (Wildman–Crippen LogP) is 3.62. The Labute approximate surface area is 161 Å². The van der Waals surface area contributed by atoms with Crippen LogP contribution in [-0.4, -0.2) is 20.4 Å². The highest BCUT2D eigenvalue weighted by Crippen LogP contribution is 2.18. The number of benzene rings is 2. The van der Waals surface area contributed by atoms with E-state index in [1.54, 1.807) is 12.1 Å². The molecule has 0 heterocycles. The van der Waals surface area contributed by atoms with E-state index in [4.69, 9.17) is 0 Å². The van der Waals surface area contributed by atoms with Crippen LogP contribution >= 0.6 is 0 Å². The van der Waals surface area contributed by atoms with Crippen LogP contribution in [-0.2, 0) is 16.6 Å². The van der Waals surface area contributed by atoms with Crippen molar-refractivity contribution in [2.75, 3.05) is 0 Å². The number of sulfonamides is 1. The van der Waals surface area contributed by atoms with Gasteiger partial charge >= 0.3 is 0 Å². The molecule has 0 aromatic heterocycles. The summed E-state index contributed by atoms with van der Waals surface area (Å²) in [6.07, 6.45) is 6.79. The van der Waals surface area contributed by atoms with Crippen LogP contribution in [0.3, 0.4) is 0 Å². The molecule has 0 saturated heterocycles. The molecule has 1 aliphatic carbocycles. The van der Waals surface area contributed by atoms with E-state index in [0.717, 1.165) is 31.2 Å². The van der Waals surface area contributed by atoms with E-state index < -0.39 is 10.0 Å². The standard InChI is InChI=1S/C21H26N2O3S/c24-21(23-19-10-6-1-2-7-11-19)18-12-14-20(15-13-18)27(25,26)22-16-17-8-4-3-5-9-17/h3-5,8-9,12-15,19,22H,1-2,6-7,10-11,16H2,(H,23,24). The Bertz CT molecular complexity index is 841. The average Bonchev–Trinajstić information content (AvgIpc) is 2.96. The van der Waals surface area contributed by atoms with Gasteiger partial charge in [0.15, 0.2) is 0 Å². The normalized spacial score (nSPS) is 15.9. The van der Waals surface area contributed by atoms with Crippen LogP contribution in [0.2, 0.25) is 0 Å². The van der Waals surface area contributed by atoms with Gasteiger partial charge in [-0.3, -0.25) is 4.79 Å². The Morgan fingerprint density at radius 3 is 2.15 bits per heavy atom. The van der Waals surface area contributed by atoms with Gasteiger partial charge in [0.2, 0.25) is 10.0 Å². The van der Waals surface area contributed by atoms with E-state index in [2.05, 4.69) is 10.0 Å². The Morgan fingerprint density at radius 2 is 1.52 bits per heavy atom. The maximum Gasteiger partial charge on any atom is 0.251 e. The van der Waals surface area contributed by atoms with Crippen molar-refractivity contribution in [2.45, 2.75) is 56.0 Å². The minimum absolute atomic E-state index is 0.136. The maximum atomic E-state index is 12.4. The van der Waals surface area contributed by atoms with E-state index in [1.807, 2.05) is 30.3 Å². The minimum atomic E-state index is -3.61. The van der Waals surface area contributed by atoms with Crippen LogP contribution in [0, 0.1) is 0 Å².